The molecule has 0 fully saturated rings. The molecule has 0 saturated heterocycles. The summed E-state index contributed by atoms with van der Waals surface area (Å²) >= 11 is 0. The Morgan fingerprint density at radius 2 is 0.714 bits per heavy atom. The van der Waals surface area contributed by atoms with Gasteiger partial charge in [-0.15, -0.1) is 0 Å². The Balaban J connectivity index is 2.12. The monoisotopic (exact) mass is 422 g/mol. The van der Waals surface area contributed by atoms with Gasteiger partial charge in [-0.25, -0.2) is 0 Å². The zero-order valence-corrected chi connectivity index (χ0v) is 19.5. The quantitative estimate of drug-likeness (QED) is 0.518. The van der Waals surface area contributed by atoms with Gasteiger partial charge in [0.25, 0.3) is 0 Å². The maximum Gasteiger partial charge on any atom is 0.504 e. The van der Waals surface area contributed by atoms with Gasteiger partial charge in [0.1, 0.15) is 0 Å². The van der Waals surface area contributed by atoms with E-state index < -0.39 is 17.6 Å². The van der Waals surface area contributed by atoms with Gasteiger partial charge >= 0.3 is 17.6 Å². The fourth-order valence-electron chi connectivity index (χ4n) is 3.06. The summed E-state index contributed by atoms with van der Waals surface area (Å²) in [6, 6.07) is 18.0. The summed E-state index contributed by atoms with van der Waals surface area (Å²) in [7, 11) is 4.51. The minimum atomic E-state index is -2.63. The third-order valence-electron chi connectivity index (χ3n) is 4.95. The van der Waals surface area contributed by atoms with Crippen LogP contribution in [0.4, 0.5) is 0 Å². The molecule has 0 aromatic heterocycles. The van der Waals surface area contributed by atoms with Crippen LogP contribution in [0.15, 0.2) is 48.5 Å². The van der Waals surface area contributed by atoms with Crippen molar-refractivity contribution in [1.29, 1.82) is 0 Å². The highest BCUT2D eigenvalue weighted by molar-refractivity contribution is 6.60. The highest BCUT2D eigenvalue weighted by atomic mass is 28.4. The highest BCUT2D eigenvalue weighted by Gasteiger charge is 2.38. The van der Waals surface area contributed by atoms with Crippen LogP contribution in [0.25, 0.3) is 11.1 Å². The van der Waals surface area contributed by atoms with E-state index in [1.165, 1.54) is 0 Å². The molecule has 0 aliphatic carbocycles. The minimum absolute atomic E-state index is 0.632. The molecule has 0 bridgehead atoms. The van der Waals surface area contributed by atoms with Crippen LogP contribution in [-0.4, -0.2) is 60.3 Å². The molecular weight excluding hydrogens is 392 g/mol. The molecule has 0 aliphatic rings. The van der Waals surface area contributed by atoms with Crippen molar-refractivity contribution in [3.8, 4) is 11.1 Å². The van der Waals surface area contributed by atoms with Crippen molar-refractivity contribution < 1.29 is 26.6 Å². The SMILES string of the molecule is CO[Si](Cc1ccc(-c2ccc(C[Si](OC)(OC)OC)cc2)cc1)(OC)OC. The first-order valence-electron chi connectivity index (χ1n) is 8.98. The molecule has 2 aromatic rings. The molecule has 0 heterocycles. The van der Waals surface area contributed by atoms with E-state index in [9.17, 15) is 0 Å². The molecule has 0 aliphatic heterocycles. The Bertz CT molecular complexity index is 632. The molecule has 8 heteroatoms. The van der Waals surface area contributed by atoms with E-state index in [0.29, 0.717) is 12.1 Å². The normalized spacial score (nSPS) is 12.4. The van der Waals surface area contributed by atoms with Crippen LogP contribution in [0.2, 0.25) is 0 Å². The van der Waals surface area contributed by atoms with Crippen LogP contribution in [0.5, 0.6) is 0 Å². The maximum atomic E-state index is 5.50. The van der Waals surface area contributed by atoms with Crippen LogP contribution in [0.1, 0.15) is 11.1 Å². The fourth-order valence-corrected chi connectivity index (χ4v) is 6.40. The van der Waals surface area contributed by atoms with Crippen LogP contribution in [0.3, 0.4) is 0 Å². The molecule has 2 rings (SSSR count). The lowest BCUT2D eigenvalue weighted by Gasteiger charge is -2.24. The predicted molar refractivity (Wildman–Crippen MR) is 113 cm³/mol. The number of hydrogen-bond donors (Lipinski definition) is 0. The van der Waals surface area contributed by atoms with Gasteiger partial charge in [0.2, 0.25) is 0 Å². The molecule has 0 N–H and O–H groups in total. The molecule has 154 valence electrons. The average Bonchev–Trinajstić information content (AvgIpc) is 2.77. The lowest BCUT2D eigenvalue weighted by molar-refractivity contribution is 0.122. The molecular formula is C20H30O6Si2. The second kappa shape index (κ2) is 10.4. The van der Waals surface area contributed by atoms with Gasteiger partial charge in [-0.05, 0) is 22.3 Å². The third-order valence-corrected chi connectivity index (χ3v) is 10.4. The summed E-state index contributed by atoms with van der Waals surface area (Å²) in [5, 5.41) is 0. The molecule has 2 aromatic carbocycles. The zero-order valence-electron chi connectivity index (χ0n) is 17.5. The van der Waals surface area contributed by atoms with Gasteiger partial charge in [0.05, 0.1) is 0 Å². The molecule has 0 spiro atoms. The van der Waals surface area contributed by atoms with Crippen LogP contribution >= 0.6 is 0 Å². The van der Waals surface area contributed by atoms with Crippen molar-refractivity contribution in [2.45, 2.75) is 12.1 Å². The molecule has 0 radical (unpaired) electrons. The van der Waals surface area contributed by atoms with Crippen LogP contribution in [-0.2, 0) is 38.6 Å². The molecule has 0 atom stereocenters. The predicted octanol–water partition coefficient (Wildman–Crippen LogP) is 3.27. The van der Waals surface area contributed by atoms with E-state index in [4.69, 9.17) is 26.6 Å². The molecule has 6 nitrogen and oxygen atoms in total. The molecule has 0 unspecified atom stereocenters. The Kier molecular flexibility index (Phi) is 8.53. The summed E-state index contributed by atoms with van der Waals surface area (Å²) in [6.07, 6.45) is 0. The number of benzene rings is 2. The summed E-state index contributed by atoms with van der Waals surface area (Å²) in [5.41, 5.74) is 4.52. The van der Waals surface area contributed by atoms with E-state index in [-0.39, 0.29) is 0 Å². The standard InChI is InChI=1S/C20H30O6Si2/c1-21-27(22-2,23-3)15-17-7-11-19(12-8-17)20-13-9-18(10-14-20)16-28(24-4,25-5)26-6/h7-14H,15-16H2,1-6H3. The lowest BCUT2D eigenvalue weighted by Crippen LogP contribution is -2.45. The Hall–Kier alpha value is -1.37. The summed E-state index contributed by atoms with van der Waals surface area (Å²) in [5.74, 6) is 0. The van der Waals surface area contributed by atoms with Gasteiger partial charge < -0.3 is 26.6 Å². The smallest absolute Gasteiger partial charge is 0.377 e. The van der Waals surface area contributed by atoms with Gasteiger partial charge in [-0.3, -0.25) is 0 Å². The highest BCUT2D eigenvalue weighted by Crippen LogP contribution is 2.23. The fraction of sp³-hybridized carbons (Fsp3) is 0.400. The Labute approximate surface area is 170 Å². The van der Waals surface area contributed by atoms with E-state index >= 15 is 0 Å². The number of rotatable bonds is 11. The molecule has 0 amide bonds. The van der Waals surface area contributed by atoms with Crippen molar-refractivity contribution in [2.24, 2.45) is 0 Å². The Morgan fingerprint density at radius 3 is 0.929 bits per heavy atom. The van der Waals surface area contributed by atoms with E-state index in [1.807, 2.05) is 0 Å². The van der Waals surface area contributed by atoms with E-state index in [0.717, 1.165) is 22.3 Å². The van der Waals surface area contributed by atoms with Gasteiger partial charge in [-0.1, -0.05) is 48.5 Å². The van der Waals surface area contributed by atoms with Crippen molar-refractivity contribution >= 4 is 17.6 Å². The Morgan fingerprint density at radius 1 is 0.464 bits per heavy atom. The van der Waals surface area contributed by atoms with Gasteiger partial charge in [0, 0.05) is 54.7 Å². The second-order valence-electron chi connectivity index (χ2n) is 6.34. The largest absolute Gasteiger partial charge is 0.504 e. The first-order chi connectivity index (χ1) is 13.5. The van der Waals surface area contributed by atoms with E-state index in [1.54, 1.807) is 42.7 Å². The minimum Gasteiger partial charge on any atom is -0.377 e. The van der Waals surface area contributed by atoms with Gasteiger partial charge in [-0.2, -0.15) is 0 Å². The van der Waals surface area contributed by atoms with Gasteiger partial charge in [0.15, 0.2) is 0 Å². The third kappa shape index (κ3) is 5.37. The van der Waals surface area contributed by atoms with Crippen LogP contribution in [0, 0.1) is 0 Å². The van der Waals surface area contributed by atoms with Crippen molar-refractivity contribution in [3.05, 3.63) is 59.7 Å². The lowest BCUT2D eigenvalue weighted by atomic mass is 10.0. The zero-order chi connectivity index (χ0) is 20.6. The van der Waals surface area contributed by atoms with E-state index in [2.05, 4.69) is 48.5 Å². The van der Waals surface area contributed by atoms with Crippen LogP contribution < -0.4 is 0 Å². The van der Waals surface area contributed by atoms with Crippen molar-refractivity contribution in [2.75, 3.05) is 42.7 Å². The second-order valence-corrected chi connectivity index (χ2v) is 12.2. The maximum absolute atomic E-state index is 5.50. The first-order valence-corrected chi connectivity index (χ1v) is 12.8. The number of hydrogen-bond acceptors (Lipinski definition) is 6. The van der Waals surface area contributed by atoms with Crippen molar-refractivity contribution in [1.82, 2.24) is 0 Å². The van der Waals surface area contributed by atoms with Crippen molar-refractivity contribution in [3.63, 3.8) is 0 Å². The summed E-state index contributed by atoms with van der Waals surface area (Å²) in [4.78, 5) is 0. The summed E-state index contributed by atoms with van der Waals surface area (Å²) in [6.45, 7) is 0. The average molecular weight is 423 g/mol. The molecule has 28 heavy (non-hydrogen) atoms. The topological polar surface area (TPSA) is 55.4 Å². The summed E-state index contributed by atoms with van der Waals surface area (Å²) < 4.78 is 33.0. The molecule has 0 saturated carbocycles. The first kappa shape index (κ1) is 22.9.